The first-order chi connectivity index (χ1) is 15.6. The molecule has 2 aliphatic heterocycles. The number of hydrogen-bond donors (Lipinski definition) is 2. The summed E-state index contributed by atoms with van der Waals surface area (Å²) in [6, 6.07) is 9.63. The lowest BCUT2D eigenvalue weighted by Gasteiger charge is -2.27. The van der Waals surface area contributed by atoms with E-state index < -0.39 is 0 Å². The number of hydrogen-bond acceptors (Lipinski definition) is 7. The molecule has 3 heterocycles. The highest BCUT2D eigenvalue weighted by molar-refractivity contribution is 5.73. The third-order valence-electron chi connectivity index (χ3n) is 5.97. The fourth-order valence-corrected chi connectivity index (χ4v) is 4.03. The summed E-state index contributed by atoms with van der Waals surface area (Å²) in [7, 11) is 1.61. The lowest BCUT2D eigenvalue weighted by molar-refractivity contribution is 0.122. The summed E-state index contributed by atoms with van der Waals surface area (Å²) >= 11 is 0. The number of morpholine rings is 1. The molecule has 2 N–H and O–H groups in total. The smallest absolute Gasteiger partial charge is 0.315 e. The van der Waals surface area contributed by atoms with Crippen LogP contribution in [0.3, 0.4) is 0 Å². The van der Waals surface area contributed by atoms with E-state index in [0.717, 1.165) is 68.9 Å². The normalized spacial score (nSPS) is 19.5. The van der Waals surface area contributed by atoms with Gasteiger partial charge in [-0.25, -0.2) is 9.78 Å². The quantitative estimate of drug-likeness (QED) is 0.682. The van der Waals surface area contributed by atoms with Gasteiger partial charge in [-0.1, -0.05) is 12.1 Å². The summed E-state index contributed by atoms with van der Waals surface area (Å²) in [5.41, 5.74) is 1.04. The second-order valence-corrected chi connectivity index (χ2v) is 8.24. The molecule has 2 saturated heterocycles. The Labute approximate surface area is 189 Å². The van der Waals surface area contributed by atoms with Crippen molar-refractivity contribution >= 4 is 17.8 Å². The van der Waals surface area contributed by atoms with E-state index in [1.54, 1.807) is 7.05 Å². The fraction of sp³-hybridized carbons (Fsp3) is 0.522. The highest BCUT2D eigenvalue weighted by Gasteiger charge is 2.25. The Balaban J connectivity index is 1.27. The van der Waals surface area contributed by atoms with Crippen LogP contribution in [-0.2, 0) is 4.74 Å². The summed E-state index contributed by atoms with van der Waals surface area (Å²) in [5, 5.41) is 5.44. The van der Waals surface area contributed by atoms with E-state index in [1.165, 1.54) is 0 Å². The third-order valence-corrected chi connectivity index (χ3v) is 5.97. The number of nitrogens with zero attached hydrogens (tertiary/aromatic N) is 4. The molecule has 0 radical (unpaired) electrons. The minimum atomic E-state index is -0.190. The number of carbonyl (C=O) groups excluding carboxylic acids is 1. The number of carbonyl (C=O) groups is 1. The number of urea groups is 1. The molecule has 2 unspecified atom stereocenters. The number of anilines is 2. The average molecular weight is 441 g/mol. The Morgan fingerprint density at radius 1 is 1.19 bits per heavy atom. The molecule has 0 spiro atoms. The minimum absolute atomic E-state index is 0.0670. The van der Waals surface area contributed by atoms with Gasteiger partial charge in [0, 0.05) is 45.3 Å². The first kappa shape index (κ1) is 22.1. The van der Waals surface area contributed by atoms with E-state index in [9.17, 15) is 4.79 Å². The van der Waals surface area contributed by atoms with E-state index in [1.807, 2.05) is 43.5 Å². The molecule has 172 valence electrons. The maximum atomic E-state index is 11.5. The molecule has 2 aliphatic rings. The van der Waals surface area contributed by atoms with Crippen molar-refractivity contribution in [2.75, 3.05) is 62.8 Å². The zero-order chi connectivity index (χ0) is 22.3. The number of nitrogens with one attached hydrogen (secondary N) is 2. The topological polar surface area (TPSA) is 91.9 Å². The van der Waals surface area contributed by atoms with Gasteiger partial charge < -0.3 is 29.9 Å². The van der Waals surface area contributed by atoms with Crippen molar-refractivity contribution in [2.45, 2.75) is 19.4 Å². The molecule has 32 heavy (non-hydrogen) atoms. The van der Waals surface area contributed by atoms with Crippen molar-refractivity contribution in [1.82, 2.24) is 20.6 Å². The molecule has 1 aromatic carbocycles. The molecule has 1 aromatic heterocycles. The molecule has 2 aromatic rings. The van der Waals surface area contributed by atoms with Crippen LogP contribution in [0.1, 0.15) is 24.9 Å². The maximum Gasteiger partial charge on any atom is 0.315 e. The Morgan fingerprint density at radius 2 is 1.97 bits per heavy atom. The van der Waals surface area contributed by atoms with Crippen molar-refractivity contribution in [3.8, 4) is 5.75 Å². The molecular weight excluding hydrogens is 408 g/mol. The van der Waals surface area contributed by atoms with E-state index >= 15 is 0 Å². The second kappa shape index (κ2) is 10.5. The summed E-state index contributed by atoms with van der Waals surface area (Å²) in [6.07, 6.45) is 2.92. The standard InChI is InChI=1S/C23H32N6O3/c1-17(26-23(30)24-2)19-3-5-20(6-4-19)32-16-18-8-10-29(15-18)21-7-9-25-22(27-21)28-11-13-31-14-12-28/h3-7,9,17-18H,8,10-16H2,1-2H3,(H2,24,26,30). The SMILES string of the molecule is CNC(=O)NC(C)c1ccc(OCC2CCN(c3ccnc(N4CCOCC4)n3)C2)cc1. The van der Waals surface area contributed by atoms with Gasteiger partial charge in [-0.2, -0.15) is 4.98 Å². The van der Waals surface area contributed by atoms with Gasteiger partial charge in [0.25, 0.3) is 0 Å². The lowest BCUT2D eigenvalue weighted by atomic mass is 10.1. The van der Waals surface area contributed by atoms with Gasteiger partial charge in [0.2, 0.25) is 5.95 Å². The van der Waals surface area contributed by atoms with Crippen LogP contribution in [0.4, 0.5) is 16.6 Å². The summed E-state index contributed by atoms with van der Waals surface area (Å²) in [6.45, 7) is 7.63. The molecule has 2 fully saturated rings. The monoisotopic (exact) mass is 440 g/mol. The molecule has 4 rings (SSSR count). The lowest BCUT2D eigenvalue weighted by Crippen LogP contribution is -2.37. The van der Waals surface area contributed by atoms with Crippen LogP contribution in [0.5, 0.6) is 5.75 Å². The van der Waals surface area contributed by atoms with Crippen LogP contribution in [0.2, 0.25) is 0 Å². The van der Waals surface area contributed by atoms with Crippen molar-refractivity contribution in [2.24, 2.45) is 5.92 Å². The summed E-state index contributed by atoms with van der Waals surface area (Å²) < 4.78 is 11.5. The summed E-state index contributed by atoms with van der Waals surface area (Å²) in [5.74, 6) is 3.05. The van der Waals surface area contributed by atoms with Gasteiger partial charge >= 0.3 is 6.03 Å². The van der Waals surface area contributed by atoms with Crippen LogP contribution in [0.25, 0.3) is 0 Å². The number of amides is 2. The fourth-order valence-electron chi connectivity index (χ4n) is 4.03. The van der Waals surface area contributed by atoms with E-state index in [4.69, 9.17) is 14.5 Å². The predicted molar refractivity (Wildman–Crippen MR) is 123 cm³/mol. The molecule has 2 atom stereocenters. The van der Waals surface area contributed by atoms with Crippen molar-refractivity contribution in [3.05, 3.63) is 42.1 Å². The number of ether oxygens (including phenoxy) is 2. The van der Waals surface area contributed by atoms with Gasteiger partial charge in [0.1, 0.15) is 11.6 Å². The van der Waals surface area contributed by atoms with Gasteiger partial charge in [-0.3, -0.25) is 0 Å². The van der Waals surface area contributed by atoms with E-state index in [0.29, 0.717) is 12.5 Å². The van der Waals surface area contributed by atoms with Gasteiger partial charge in [-0.05, 0) is 37.1 Å². The third kappa shape index (κ3) is 5.59. The van der Waals surface area contributed by atoms with Crippen LogP contribution < -0.4 is 25.2 Å². The number of rotatable bonds is 7. The molecular formula is C23H32N6O3. The second-order valence-electron chi connectivity index (χ2n) is 8.24. The van der Waals surface area contributed by atoms with Crippen molar-refractivity contribution in [1.29, 1.82) is 0 Å². The Kier molecular flexibility index (Phi) is 7.26. The largest absolute Gasteiger partial charge is 0.493 e. The first-order valence-electron chi connectivity index (χ1n) is 11.2. The van der Waals surface area contributed by atoms with E-state index in [-0.39, 0.29) is 12.1 Å². The van der Waals surface area contributed by atoms with Gasteiger partial charge in [0.15, 0.2) is 0 Å². The highest BCUT2D eigenvalue weighted by Crippen LogP contribution is 2.25. The van der Waals surface area contributed by atoms with Crippen molar-refractivity contribution < 1.29 is 14.3 Å². The van der Waals surface area contributed by atoms with Gasteiger partial charge in [-0.15, -0.1) is 0 Å². The predicted octanol–water partition coefficient (Wildman–Crippen LogP) is 2.21. The zero-order valence-corrected chi connectivity index (χ0v) is 18.8. The maximum absolute atomic E-state index is 11.5. The zero-order valence-electron chi connectivity index (χ0n) is 18.8. The summed E-state index contributed by atoms with van der Waals surface area (Å²) in [4.78, 5) is 25.2. The molecule has 9 heteroatoms. The molecule has 0 saturated carbocycles. The van der Waals surface area contributed by atoms with Gasteiger partial charge in [0.05, 0.1) is 25.9 Å². The minimum Gasteiger partial charge on any atom is -0.493 e. The Bertz CT molecular complexity index is 888. The van der Waals surface area contributed by atoms with Crippen LogP contribution in [-0.4, -0.2) is 69.0 Å². The number of benzene rings is 1. The number of aromatic nitrogens is 2. The molecule has 9 nitrogen and oxygen atoms in total. The highest BCUT2D eigenvalue weighted by atomic mass is 16.5. The van der Waals surface area contributed by atoms with Crippen LogP contribution in [0.15, 0.2) is 36.5 Å². The van der Waals surface area contributed by atoms with E-state index in [2.05, 4.69) is 25.4 Å². The first-order valence-corrected chi connectivity index (χ1v) is 11.2. The average Bonchev–Trinajstić information content (AvgIpc) is 3.33. The Morgan fingerprint density at radius 3 is 2.72 bits per heavy atom. The molecule has 0 bridgehead atoms. The molecule has 0 aliphatic carbocycles. The van der Waals surface area contributed by atoms with Crippen LogP contribution in [0, 0.1) is 5.92 Å². The molecule has 2 amide bonds. The van der Waals surface area contributed by atoms with Crippen molar-refractivity contribution in [3.63, 3.8) is 0 Å². The Hall–Kier alpha value is -3.07. The van der Waals surface area contributed by atoms with Crippen LogP contribution >= 0.6 is 0 Å².